The summed E-state index contributed by atoms with van der Waals surface area (Å²) in [4.78, 5) is 26.9. The molecule has 7 heteroatoms. The van der Waals surface area contributed by atoms with Crippen molar-refractivity contribution < 1.29 is 19.1 Å². The number of carbonyl (C=O) groups excluding carboxylic acids is 2. The maximum absolute atomic E-state index is 12.7. The van der Waals surface area contributed by atoms with Crippen LogP contribution < -0.4 is 20.1 Å². The maximum Gasteiger partial charge on any atom is 0.253 e. The standard InChI is InChI=1S/C19H27N3O4/c1-25-16-4-3-14(11-17(16)26-2)19(24)22-9-6-13(7-10-22)18(23)21-15-5-8-20-12-15/h3-4,11,13,15,20H,5-10,12H2,1-2H3,(H,21,23)/t15-/m0/s1. The van der Waals surface area contributed by atoms with Crippen LogP contribution in [-0.2, 0) is 4.79 Å². The number of ether oxygens (including phenoxy) is 2. The van der Waals surface area contributed by atoms with E-state index in [4.69, 9.17) is 9.47 Å². The monoisotopic (exact) mass is 361 g/mol. The van der Waals surface area contributed by atoms with Gasteiger partial charge in [-0.2, -0.15) is 0 Å². The molecule has 2 N–H and O–H groups in total. The van der Waals surface area contributed by atoms with Crippen LogP contribution in [0.1, 0.15) is 29.6 Å². The molecule has 2 aliphatic heterocycles. The lowest BCUT2D eigenvalue weighted by Crippen LogP contribution is -2.45. The van der Waals surface area contributed by atoms with Crippen molar-refractivity contribution in [1.82, 2.24) is 15.5 Å². The SMILES string of the molecule is COc1ccc(C(=O)N2CCC(C(=O)N[C@H]3CCNC3)CC2)cc1OC. The molecule has 2 amide bonds. The van der Waals surface area contributed by atoms with Gasteiger partial charge in [0.1, 0.15) is 0 Å². The van der Waals surface area contributed by atoms with E-state index >= 15 is 0 Å². The number of carbonyl (C=O) groups is 2. The first-order valence-corrected chi connectivity index (χ1v) is 9.14. The summed E-state index contributed by atoms with van der Waals surface area (Å²) in [6.45, 7) is 2.99. The minimum absolute atomic E-state index is 0.00921. The van der Waals surface area contributed by atoms with Gasteiger partial charge in [0, 0.05) is 37.2 Å². The van der Waals surface area contributed by atoms with E-state index in [0.29, 0.717) is 43.0 Å². The molecule has 0 bridgehead atoms. The Balaban J connectivity index is 1.55. The number of nitrogens with one attached hydrogen (secondary N) is 2. The topological polar surface area (TPSA) is 79.9 Å². The third-order valence-electron chi connectivity index (χ3n) is 5.19. The van der Waals surface area contributed by atoms with E-state index in [1.165, 1.54) is 0 Å². The second kappa shape index (κ2) is 8.40. The second-order valence-electron chi connectivity index (χ2n) is 6.83. The Morgan fingerprint density at radius 2 is 1.85 bits per heavy atom. The Labute approximate surface area is 154 Å². The fourth-order valence-electron chi connectivity index (χ4n) is 3.59. The average molecular weight is 361 g/mol. The predicted molar refractivity (Wildman–Crippen MR) is 97.6 cm³/mol. The molecule has 2 saturated heterocycles. The van der Waals surface area contributed by atoms with Crippen molar-refractivity contribution in [3.8, 4) is 11.5 Å². The molecule has 2 heterocycles. The summed E-state index contributed by atoms with van der Waals surface area (Å²) < 4.78 is 10.5. The van der Waals surface area contributed by atoms with E-state index in [9.17, 15) is 9.59 Å². The Morgan fingerprint density at radius 3 is 2.46 bits per heavy atom. The third-order valence-corrected chi connectivity index (χ3v) is 5.19. The highest BCUT2D eigenvalue weighted by Gasteiger charge is 2.29. The normalized spacial score (nSPS) is 20.7. The molecule has 1 aromatic rings. The quantitative estimate of drug-likeness (QED) is 0.819. The Kier molecular flexibility index (Phi) is 5.98. The van der Waals surface area contributed by atoms with Gasteiger partial charge in [0.05, 0.1) is 14.2 Å². The lowest BCUT2D eigenvalue weighted by Gasteiger charge is -2.32. The zero-order valence-corrected chi connectivity index (χ0v) is 15.4. The maximum atomic E-state index is 12.7. The Hall–Kier alpha value is -2.28. The van der Waals surface area contributed by atoms with Crippen LogP contribution in [0.2, 0.25) is 0 Å². The molecule has 7 nitrogen and oxygen atoms in total. The van der Waals surface area contributed by atoms with Crippen LogP contribution in [0.3, 0.4) is 0 Å². The number of methoxy groups -OCH3 is 2. The van der Waals surface area contributed by atoms with E-state index in [0.717, 1.165) is 19.5 Å². The van der Waals surface area contributed by atoms with Crippen LogP contribution in [-0.4, -0.2) is 63.2 Å². The summed E-state index contributed by atoms with van der Waals surface area (Å²) in [5, 5.41) is 6.37. The molecule has 142 valence electrons. The van der Waals surface area contributed by atoms with Crippen LogP contribution in [0.5, 0.6) is 11.5 Å². The molecule has 2 fully saturated rings. The number of amides is 2. The minimum atomic E-state index is -0.0372. The first-order chi connectivity index (χ1) is 12.6. The molecule has 0 aliphatic carbocycles. The molecular weight excluding hydrogens is 334 g/mol. The molecule has 0 saturated carbocycles. The highest BCUT2D eigenvalue weighted by Crippen LogP contribution is 2.29. The molecule has 1 aromatic carbocycles. The number of hydrogen-bond donors (Lipinski definition) is 2. The molecule has 2 aliphatic rings. The van der Waals surface area contributed by atoms with Gasteiger partial charge in [-0.3, -0.25) is 9.59 Å². The molecule has 0 unspecified atom stereocenters. The summed E-state index contributed by atoms with van der Waals surface area (Å²) in [7, 11) is 3.12. The van der Waals surface area contributed by atoms with E-state index in [2.05, 4.69) is 10.6 Å². The minimum Gasteiger partial charge on any atom is -0.493 e. The van der Waals surface area contributed by atoms with Crippen LogP contribution in [0.15, 0.2) is 18.2 Å². The zero-order chi connectivity index (χ0) is 18.5. The summed E-state index contributed by atoms with van der Waals surface area (Å²) >= 11 is 0. The van der Waals surface area contributed by atoms with E-state index in [1.54, 1.807) is 32.4 Å². The molecule has 0 radical (unpaired) electrons. The van der Waals surface area contributed by atoms with E-state index in [-0.39, 0.29) is 23.8 Å². The number of piperidine rings is 1. The van der Waals surface area contributed by atoms with Gasteiger partial charge in [-0.25, -0.2) is 0 Å². The van der Waals surface area contributed by atoms with Crippen molar-refractivity contribution in [2.45, 2.75) is 25.3 Å². The molecule has 1 atom stereocenters. The van der Waals surface area contributed by atoms with Gasteiger partial charge < -0.3 is 25.0 Å². The number of likely N-dealkylation sites (tertiary alicyclic amines) is 1. The lowest BCUT2D eigenvalue weighted by atomic mass is 9.95. The van der Waals surface area contributed by atoms with Crippen LogP contribution in [0.4, 0.5) is 0 Å². The largest absolute Gasteiger partial charge is 0.493 e. The van der Waals surface area contributed by atoms with Crippen molar-refractivity contribution >= 4 is 11.8 Å². The van der Waals surface area contributed by atoms with Crippen molar-refractivity contribution in [3.05, 3.63) is 23.8 Å². The van der Waals surface area contributed by atoms with Crippen LogP contribution in [0.25, 0.3) is 0 Å². The van der Waals surface area contributed by atoms with Gasteiger partial charge in [0.15, 0.2) is 11.5 Å². The number of nitrogens with zero attached hydrogens (tertiary/aromatic N) is 1. The smallest absolute Gasteiger partial charge is 0.253 e. The lowest BCUT2D eigenvalue weighted by molar-refractivity contribution is -0.126. The fraction of sp³-hybridized carbons (Fsp3) is 0.579. The number of hydrogen-bond acceptors (Lipinski definition) is 5. The summed E-state index contributed by atoms with van der Waals surface area (Å²) in [6, 6.07) is 5.43. The average Bonchev–Trinajstić information content (AvgIpc) is 3.20. The van der Waals surface area contributed by atoms with Crippen molar-refractivity contribution in [3.63, 3.8) is 0 Å². The first-order valence-electron chi connectivity index (χ1n) is 9.14. The van der Waals surface area contributed by atoms with Crippen LogP contribution in [0, 0.1) is 5.92 Å². The molecular formula is C19H27N3O4. The van der Waals surface area contributed by atoms with Gasteiger partial charge in [0.25, 0.3) is 5.91 Å². The summed E-state index contributed by atoms with van der Waals surface area (Å²) in [6.07, 6.45) is 2.39. The van der Waals surface area contributed by atoms with Gasteiger partial charge in [0.2, 0.25) is 5.91 Å². The predicted octanol–water partition coefficient (Wildman–Crippen LogP) is 1.03. The second-order valence-corrected chi connectivity index (χ2v) is 6.83. The molecule has 0 spiro atoms. The van der Waals surface area contributed by atoms with E-state index in [1.807, 2.05) is 4.90 Å². The van der Waals surface area contributed by atoms with Gasteiger partial charge in [-0.05, 0) is 44.0 Å². The van der Waals surface area contributed by atoms with Crippen molar-refractivity contribution in [2.24, 2.45) is 5.92 Å². The number of benzene rings is 1. The van der Waals surface area contributed by atoms with Gasteiger partial charge in [-0.1, -0.05) is 0 Å². The van der Waals surface area contributed by atoms with Crippen LogP contribution >= 0.6 is 0 Å². The zero-order valence-electron chi connectivity index (χ0n) is 15.4. The number of rotatable bonds is 5. The Morgan fingerprint density at radius 1 is 1.12 bits per heavy atom. The fourth-order valence-corrected chi connectivity index (χ4v) is 3.59. The van der Waals surface area contributed by atoms with Crippen molar-refractivity contribution in [1.29, 1.82) is 0 Å². The van der Waals surface area contributed by atoms with Crippen molar-refractivity contribution in [2.75, 3.05) is 40.4 Å². The summed E-state index contributed by atoms with van der Waals surface area (Å²) in [5.41, 5.74) is 0.572. The highest BCUT2D eigenvalue weighted by atomic mass is 16.5. The molecule has 0 aromatic heterocycles. The molecule has 3 rings (SSSR count). The Bertz CT molecular complexity index is 650. The highest BCUT2D eigenvalue weighted by molar-refractivity contribution is 5.95. The van der Waals surface area contributed by atoms with Gasteiger partial charge >= 0.3 is 0 Å². The summed E-state index contributed by atoms with van der Waals surface area (Å²) in [5.74, 6) is 1.21. The third kappa shape index (κ3) is 4.09. The van der Waals surface area contributed by atoms with Gasteiger partial charge in [-0.15, -0.1) is 0 Å². The molecule has 26 heavy (non-hydrogen) atoms. The van der Waals surface area contributed by atoms with E-state index < -0.39 is 0 Å². The first kappa shape index (κ1) is 18.5.